The summed E-state index contributed by atoms with van der Waals surface area (Å²) in [5.41, 5.74) is 1.07. The predicted octanol–water partition coefficient (Wildman–Crippen LogP) is 9.88. The number of nitrogens with zero attached hydrogens (tertiary/aromatic N) is 2. The van der Waals surface area contributed by atoms with Crippen LogP contribution in [0, 0.1) is 11.8 Å². The van der Waals surface area contributed by atoms with Crippen LogP contribution in [-0.4, -0.2) is 23.4 Å². The van der Waals surface area contributed by atoms with Gasteiger partial charge in [-0.05, 0) is 55.4 Å². The summed E-state index contributed by atoms with van der Waals surface area (Å²) in [6, 6.07) is 8.23. The first-order valence-electron chi connectivity index (χ1n) is 15.0. The van der Waals surface area contributed by atoms with Crippen molar-refractivity contribution < 1.29 is 9.47 Å². The molecule has 2 aromatic rings. The van der Waals surface area contributed by atoms with Crippen molar-refractivity contribution in [2.45, 2.75) is 123 Å². The molecule has 1 heterocycles. The number of aromatic nitrogens is 2. The molecule has 1 saturated carbocycles. The highest BCUT2D eigenvalue weighted by Gasteiger charge is 2.24. The first-order valence-corrected chi connectivity index (χ1v) is 15.8. The summed E-state index contributed by atoms with van der Waals surface area (Å²) in [6.07, 6.45) is 22.8. The Hall–Kier alpha value is -1.62. The van der Waals surface area contributed by atoms with Crippen LogP contribution in [0.5, 0.6) is 10.9 Å². The third kappa shape index (κ3) is 10.8. The second-order valence-electron chi connectivity index (χ2n) is 10.7. The van der Waals surface area contributed by atoms with Gasteiger partial charge in [-0.15, -0.1) is 5.10 Å². The summed E-state index contributed by atoms with van der Waals surface area (Å²) in [4.78, 5) is 0. The lowest BCUT2D eigenvalue weighted by molar-refractivity contribution is 0.190. The topological polar surface area (TPSA) is 44.2 Å². The zero-order valence-corrected chi connectivity index (χ0v) is 23.8. The SMILES string of the molecule is CCCCCCCCCOc1ccc(-c2nnc(OCCCC3CCCCC3CCCCC)s2)cc1. The Morgan fingerprint density at radius 1 is 0.694 bits per heavy atom. The van der Waals surface area contributed by atoms with Gasteiger partial charge in [0.1, 0.15) is 5.75 Å². The Bertz CT molecular complexity index is 807. The average molecular weight is 515 g/mol. The van der Waals surface area contributed by atoms with Gasteiger partial charge in [0, 0.05) is 5.56 Å². The minimum absolute atomic E-state index is 0.687. The molecule has 2 unspecified atom stereocenters. The van der Waals surface area contributed by atoms with Gasteiger partial charge in [0.05, 0.1) is 13.2 Å². The van der Waals surface area contributed by atoms with E-state index in [-0.39, 0.29) is 0 Å². The van der Waals surface area contributed by atoms with Crippen LogP contribution < -0.4 is 9.47 Å². The first-order chi connectivity index (χ1) is 17.8. The number of hydrogen-bond acceptors (Lipinski definition) is 5. The number of hydrogen-bond donors (Lipinski definition) is 0. The molecule has 0 spiro atoms. The number of rotatable bonds is 19. The van der Waals surface area contributed by atoms with Gasteiger partial charge in [-0.3, -0.25) is 0 Å². The quantitative estimate of drug-likeness (QED) is 0.175. The molecule has 36 heavy (non-hydrogen) atoms. The molecule has 0 N–H and O–H groups in total. The lowest BCUT2D eigenvalue weighted by Crippen LogP contribution is -2.20. The van der Waals surface area contributed by atoms with E-state index in [4.69, 9.17) is 9.47 Å². The van der Waals surface area contributed by atoms with Gasteiger partial charge in [-0.1, -0.05) is 120 Å². The fraction of sp³-hybridized carbons (Fsp3) is 0.742. The minimum atomic E-state index is 0.687. The highest BCUT2D eigenvalue weighted by Crippen LogP contribution is 2.36. The Labute approximate surface area is 224 Å². The van der Waals surface area contributed by atoms with Crippen molar-refractivity contribution in [1.29, 1.82) is 0 Å². The second-order valence-corrected chi connectivity index (χ2v) is 11.6. The van der Waals surface area contributed by atoms with Crippen molar-refractivity contribution in [3.8, 4) is 21.5 Å². The lowest BCUT2D eigenvalue weighted by Gasteiger charge is -2.31. The predicted molar refractivity (Wildman–Crippen MR) is 153 cm³/mol. The van der Waals surface area contributed by atoms with E-state index < -0.39 is 0 Å². The molecule has 1 fully saturated rings. The lowest BCUT2D eigenvalue weighted by atomic mass is 9.74. The number of ether oxygens (including phenoxy) is 2. The number of benzene rings is 1. The molecule has 2 atom stereocenters. The maximum absolute atomic E-state index is 5.98. The van der Waals surface area contributed by atoms with E-state index in [9.17, 15) is 0 Å². The summed E-state index contributed by atoms with van der Waals surface area (Å²) >= 11 is 1.54. The molecular weight excluding hydrogens is 464 g/mol. The molecule has 1 aliphatic carbocycles. The van der Waals surface area contributed by atoms with Crippen molar-refractivity contribution in [2.24, 2.45) is 11.8 Å². The van der Waals surface area contributed by atoms with Gasteiger partial charge in [0.2, 0.25) is 0 Å². The molecule has 0 radical (unpaired) electrons. The Kier molecular flexibility index (Phi) is 14.3. The summed E-state index contributed by atoms with van der Waals surface area (Å²) in [5, 5.41) is 10.2. The molecule has 1 aromatic carbocycles. The van der Waals surface area contributed by atoms with E-state index in [1.807, 2.05) is 12.1 Å². The van der Waals surface area contributed by atoms with Crippen LogP contribution in [0.15, 0.2) is 24.3 Å². The second kappa shape index (κ2) is 17.8. The van der Waals surface area contributed by atoms with Gasteiger partial charge in [-0.25, -0.2) is 0 Å². The van der Waals surface area contributed by atoms with E-state index >= 15 is 0 Å². The van der Waals surface area contributed by atoms with Crippen LogP contribution in [0.25, 0.3) is 10.6 Å². The molecule has 0 aliphatic heterocycles. The van der Waals surface area contributed by atoms with Crippen LogP contribution in [0.4, 0.5) is 0 Å². The first kappa shape index (κ1) is 28.9. The van der Waals surface area contributed by atoms with E-state index in [0.29, 0.717) is 5.19 Å². The van der Waals surface area contributed by atoms with Crippen LogP contribution in [0.3, 0.4) is 0 Å². The maximum atomic E-state index is 5.98. The smallest absolute Gasteiger partial charge is 0.294 e. The van der Waals surface area contributed by atoms with Gasteiger partial charge >= 0.3 is 0 Å². The highest BCUT2D eigenvalue weighted by molar-refractivity contribution is 7.16. The zero-order chi connectivity index (χ0) is 25.3. The van der Waals surface area contributed by atoms with Gasteiger partial charge < -0.3 is 9.47 Å². The largest absolute Gasteiger partial charge is 0.494 e. The number of unbranched alkanes of at least 4 members (excludes halogenated alkanes) is 8. The van der Waals surface area contributed by atoms with Crippen molar-refractivity contribution in [2.75, 3.05) is 13.2 Å². The normalized spacial score (nSPS) is 17.8. The molecular formula is C31H50N2O2S. The average Bonchev–Trinajstić information content (AvgIpc) is 3.38. The fourth-order valence-corrected chi connectivity index (χ4v) is 6.26. The van der Waals surface area contributed by atoms with Crippen molar-refractivity contribution >= 4 is 11.3 Å². The van der Waals surface area contributed by atoms with Crippen LogP contribution in [-0.2, 0) is 0 Å². The molecule has 1 aliphatic rings. The van der Waals surface area contributed by atoms with Gasteiger partial charge in [0.15, 0.2) is 5.01 Å². The van der Waals surface area contributed by atoms with Crippen molar-refractivity contribution in [3.63, 3.8) is 0 Å². The minimum Gasteiger partial charge on any atom is -0.494 e. The third-order valence-electron chi connectivity index (χ3n) is 7.71. The van der Waals surface area contributed by atoms with E-state index in [1.165, 1.54) is 108 Å². The standard InChI is InChI=1S/C31H50N2O2S/c1-3-5-7-8-9-10-14-24-34-29-22-20-28(21-23-29)30-32-33-31(36-30)35-25-15-19-27-18-13-12-17-26(27)16-11-6-4-2/h20-23,26-27H,3-19,24-25H2,1-2H3. The van der Waals surface area contributed by atoms with Crippen molar-refractivity contribution in [3.05, 3.63) is 24.3 Å². The highest BCUT2D eigenvalue weighted by atomic mass is 32.1. The molecule has 4 nitrogen and oxygen atoms in total. The van der Waals surface area contributed by atoms with Crippen LogP contribution in [0.2, 0.25) is 0 Å². The molecule has 0 bridgehead atoms. The summed E-state index contributed by atoms with van der Waals surface area (Å²) in [5.74, 6) is 2.78. The van der Waals surface area contributed by atoms with E-state index in [1.54, 1.807) is 0 Å². The monoisotopic (exact) mass is 514 g/mol. The molecule has 0 amide bonds. The zero-order valence-electron chi connectivity index (χ0n) is 23.0. The fourth-order valence-electron chi connectivity index (χ4n) is 5.53. The van der Waals surface area contributed by atoms with E-state index in [0.717, 1.165) is 54.2 Å². The van der Waals surface area contributed by atoms with Gasteiger partial charge in [0.25, 0.3) is 5.19 Å². The summed E-state index contributed by atoms with van der Waals surface area (Å²) in [6.45, 7) is 6.11. The Morgan fingerprint density at radius 3 is 2.03 bits per heavy atom. The third-order valence-corrected chi connectivity index (χ3v) is 8.60. The van der Waals surface area contributed by atoms with Crippen molar-refractivity contribution in [1.82, 2.24) is 10.2 Å². The molecule has 1 aromatic heterocycles. The van der Waals surface area contributed by atoms with Crippen LogP contribution >= 0.6 is 11.3 Å². The molecule has 5 heteroatoms. The Balaban J connectivity index is 1.32. The summed E-state index contributed by atoms with van der Waals surface area (Å²) in [7, 11) is 0. The van der Waals surface area contributed by atoms with Gasteiger partial charge in [-0.2, -0.15) is 0 Å². The van der Waals surface area contributed by atoms with E-state index in [2.05, 4.69) is 36.2 Å². The molecule has 202 valence electrons. The Morgan fingerprint density at radius 2 is 1.31 bits per heavy atom. The molecule has 0 saturated heterocycles. The summed E-state index contributed by atoms with van der Waals surface area (Å²) < 4.78 is 11.9. The molecule has 3 rings (SSSR count). The maximum Gasteiger partial charge on any atom is 0.294 e. The van der Waals surface area contributed by atoms with Crippen LogP contribution in [0.1, 0.15) is 123 Å².